The van der Waals surface area contributed by atoms with Crippen LogP contribution in [0.3, 0.4) is 0 Å². The molecule has 17 heavy (non-hydrogen) atoms. The number of amides is 1. The van der Waals surface area contributed by atoms with Gasteiger partial charge in [0.1, 0.15) is 5.82 Å². The SMILES string of the molecule is C[C@H](NS(=O)(=O)Cc1cccc(F)c1)C(N)=O. The predicted molar refractivity (Wildman–Crippen MR) is 60.8 cm³/mol. The number of benzene rings is 1. The maximum absolute atomic E-state index is 12.8. The third kappa shape index (κ3) is 4.49. The lowest BCUT2D eigenvalue weighted by atomic mass is 10.2. The number of primary amides is 1. The standard InChI is InChI=1S/C10H13FN2O3S/c1-7(10(12)14)13-17(15,16)6-8-3-2-4-9(11)5-8/h2-5,7,13H,6H2,1H3,(H2,12,14)/t7-/m0/s1. The molecule has 0 fully saturated rings. The lowest BCUT2D eigenvalue weighted by molar-refractivity contribution is -0.119. The summed E-state index contributed by atoms with van der Waals surface area (Å²) in [7, 11) is -3.71. The van der Waals surface area contributed by atoms with Crippen LogP contribution in [0.25, 0.3) is 0 Å². The van der Waals surface area contributed by atoms with Crippen molar-refractivity contribution < 1.29 is 17.6 Å². The van der Waals surface area contributed by atoms with E-state index in [4.69, 9.17) is 5.73 Å². The van der Waals surface area contributed by atoms with Gasteiger partial charge in [-0.05, 0) is 24.6 Å². The number of carbonyl (C=O) groups is 1. The van der Waals surface area contributed by atoms with E-state index in [1.54, 1.807) is 0 Å². The number of halogens is 1. The molecule has 0 aliphatic heterocycles. The smallest absolute Gasteiger partial charge is 0.235 e. The molecule has 0 heterocycles. The molecule has 7 heteroatoms. The van der Waals surface area contributed by atoms with Crippen LogP contribution in [0.15, 0.2) is 24.3 Å². The van der Waals surface area contributed by atoms with Crippen LogP contribution in [0.4, 0.5) is 4.39 Å². The Bertz CT molecular complexity index is 516. The van der Waals surface area contributed by atoms with Gasteiger partial charge in [-0.3, -0.25) is 4.79 Å². The second-order valence-corrected chi connectivity index (χ2v) is 5.38. The van der Waals surface area contributed by atoms with Gasteiger partial charge in [-0.2, -0.15) is 0 Å². The Morgan fingerprint density at radius 2 is 2.18 bits per heavy atom. The molecule has 1 amide bonds. The third-order valence-corrected chi connectivity index (χ3v) is 3.45. The van der Waals surface area contributed by atoms with Crippen LogP contribution < -0.4 is 10.5 Å². The van der Waals surface area contributed by atoms with Crippen molar-refractivity contribution in [1.29, 1.82) is 0 Å². The molecule has 3 N–H and O–H groups in total. The lowest BCUT2D eigenvalue weighted by Crippen LogP contribution is -2.42. The second-order valence-electron chi connectivity index (χ2n) is 3.63. The molecule has 1 aromatic carbocycles. The summed E-state index contributed by atoms with van der Waals surface area (Å²) in [4.78, 5) is 10.7. The fourth-order valence-electron chi connectivity index (χ4n) is 1.22. The highest BCUT2D eigenvalue weighted by atomic mass is 32.2. The van der Waals surface area contributed by atoms with Gasteiger partial charge in [0.2, 0.25) is 15.9 Å². The summed E-state index contributed by atoms with van der Waals surface area (Å²) >= 11 is 0. The average molecular weight is 260 g/mol. The van der Waals surface area contributed by atoms with E-state index in [9.17, 15) is 17.6 Å². The van der Waals surface area contributed by atoms with Crippen LogP contribution in [0, 0.1) is 5.82 Å². The number of nitrogens with two attached hydrogens (primary N) is 1. The summed E-state index contributed by atoms with van der Waals surface area (Å²) in [6.07, 6.45) is 0. The summed E-state index contributed by atoms with van der Waals surface area (Å²) in [5.41, 5.74) is 5.23. The van der Waals surface area contributed by atoms with Crippen LogP contribution in [0.2, 0.25) is 0 Å². The van der Waals surface area contributed by atoms with Gasteiger partial charge < -0.3 is 5.73 Å². The van der Waals surface area contributed by atoms with Crippen LogP contribution in [0.1, 0.15) is 12.5 Å². The van der Waals surface area contributed by atoms with E-state index in [0.717, 1.165) is 6.07 Å². The molecule has 5 nitrogen and oxygen atoms in total. The minimum Gasteiger partial charge on any atom is -0.368 e. The summed E-state index contributed by atoms with van der Waals surface area (Å²) in [5.74, 6) is -1.68. The number of hydrogen-bond donors (Lipinski definition) is 2. The van der Waals surface area contributed by atoms with E-state index in [1.807, 2.05) is 0 Å². The molecule has 0 aromatic heterocycles. The van der Waals surface area contributed by atoms with Crippen molar-refractivity contribution in [1.82, 2.24) is 4.72 Å². The molecule has 1 rings (SSSR count). The molecule has 0 saturated heterocycles. The Hall–Kier alpha value is -1.47. The normalized spacial score (nSPS) is 13.3. The first-order chi connectivity index (χ1) is 7.80. The fourth-order valence-corrected chi connectivity index (χ4v) is 2.57. The van der Waals surface area contributed by atoms with Gasteiger partial charge in [0.05, 0.1) is 11.8 Å². The lowest BCUT2D eigenvalue weighted by Gasteiger charge is -2.10. The maximum atomic E-state index is 12.8. The van der Waals surface area contributed by atoms with Crippen molar-refractivity contribution >= 4 is 15.9 Å². The van der Waals surface area contributed by atoms with Gasteiger partial charge in [0.25, 0.3) is 0 Å². The minimum absolute atomic E-state index is 0.300. The van der Waals surface area contributed by atoms with Crippen LogP contribution in [-0.2, 0) is 20.6 Å². The molecular weight excluding hydrogens is 247 g/mol. The van der Waals surface area contributed by atoms with Crippen molar-refractivity contribution in [3.8, 4) is 0 Å². The number of carbonyl (C=O) groups excluding carboxylic acids is 1. The van der Waals surface area contributed by atoms with E-state index >= 15 is 0 Å². The molecule has 0 saturated carbocycles. The summed E-state index contributed by atoms with van der Waals surface area (Å²) in [5, 5.41) is 0. The molecule has 1 aromatic rings. The minimum atomic E-state index is -3.71. The Morgan fingerprint density at radius 3 is 2.71 bits per heavy atom. The van der Waals surface area contributed by atoms with Crippen molar-refractivity contribution in [2.75, 3.05) is 0 Å². The molecule has 0 aliphatic carbocycles. The van der Waals surface area contributed by atoms with E-state index in [0.29, 0.717) is 5.56 Å². The topological polar surface area (TPSA) is 89.3 Å². The Kier molecular flexibility index (Phi) is 4.19. The number of sulfonamides is 1. The predicted octanol–water partition coefficient (Wildman–Crippen LogP) is 0.119. The number of hydrogen-bond acceptors (Lipinski definition) is 3. The second kappa shape index (κ2) is 5.24. The maximum Gasteiger partial charge on any atom is 0.235 e. The Morgan fingerprint density at radius 1 is 1.53 bits per heavy atom. The van der Waals surface area contributed by atoms with Crippen molar-refractivity contribution in [3.63, 3.8) is 0 Å². The van der Waals surface area contributed by atoms with Gasteiger partial charge in [-0.15, -0.1) is 0 Å². The first-order valence-corrected chi connectivity index (χ1v) is 6.49. The highest BCUT2D eigenvalue weighted by Crippen LogP contribution is 2.07. The van der Waals surface area contributed by atoms with E-state index < -0.39 is 33.5 Å². The monoisotopic (exact) mass is 260 g/mol. The van der Waals surface area contributed by atoms with Gasteiger partial charge in [-0.25, -0.2) is 17.5 Å². The molecule has 0 aliphatic rings. The Balaban J connectivity index is 2.77. The van der Waals surface area contributed by atoms with Gasteiger partial charge >= 0.3 is 0 Å². The van der Waals surface area contributed by atoms with Crippen molar-refractivity contribution in [2.24, 2.45) is 5.73 Å². The highest BCUT2D eigenvalue weighted by molar-refractivity contribution is 7.88. The van der Waals surface area contributed by atoms with Crippen molar-refractivity contribution in [3.05, 3.63) is 35.6 Å². The molecular formula is C10H13FN2O3S. The molecule has 0 spiro atoms. The first-order valence-electron chi connectivity index (χ1n) is 4.84. The molecule has 0 unspecified atom stereocenters. The van der Waals surface area contributed by atoms with Gasteiger partial charge in [0, 0.05) is 0 Å². The van der Waals surface area contributed by atoms with E-state index in [2.05, 4.69) is 4.72 Å². The largest absolute Gasteiger partial charge is 0.368 e. The molecule has 0 radical (unpaired) electrons. The van der Waals surface area contributed by atoms with Crippen LogP contribution >= 0.6 is 0 Å². The summed E-state index contributed by atoms with van der Waals surface area (Å²) < 4.78 is 38.1. The number of rotatable bonds is 5. The first kappa shape index (κ1) is 13.6. The van der Waals surface area contributed by atoms with Crippen LogP contribution in [0.5, 0.6) is 0 Å². The quantitative estimate of drug-likeness (QED) is 0.788. The van der Waals surface area contributed by atoms with Crippen LogP contribution in [-0.4, -0.2) is 20.4 Å². The van der Waals surface area contributed by atoms with Gasteiger partial charge in [0.15, 0.2) is 0 Å². The highest BCUT2D eigenvalue weighted by Gasteiger charge is 2.18. The van der Waals surface area contributed by atoms with Crippen molar-refractivity contribution in [2.45, 2.75) is 18.7 Å². The summed E-state index contributed by atoms with van der Waals surface area (Å²) in [6.45, 7) is 1.34. The summed E-state index contributed by atoms with van der Waals surface area (Å²) in [6, 6.07) is 4.24. The third-order valence-electron chi connectivity index (χ3n) is 2.03. The zero-order valence-electron chi connectivity index (χ0n) is 9.18. The molecule has 0 bridgehead atoms. The fraction of sp³-hybridized carbons (Fsp3) is 0.300. The van der Waals surface area contributed by atoms with Gasteiger partial charge in [-0.1, -0.05) is 12.1 Å². The van der Waals surface area contributed by atoms with E-state index in [1.165, 1.54) is 25.1 Å². The average Bonchev–Trinajstić information content (AvgIpc) is 2.15. The molecule has 94 valence electrons. The zero-order valence-corrected chi connectivity index (χ0v) is 10.00. The van der Waals surface area contributed by atoms with E-state index in [-0.39, 0.29) is 0 Å². The molecule has 1 atom stereocenters. The Labute approximate surface area is 98.9 Å². The number of nitrogens with one attached hydrogen (secondary N) is 1. The zero-order chi connectivity index (χ0) is 13.1.